The van der Waals surface area contributed by atoms with Crippen LogP contribution in [-0.2, 0) is 4.79 Å². The molecule has 0 atom stereocenters. The number of nitro benzene ring substituents is 1. The summed E-state index contributed by atoms with van der Waals surface area (Å²) in [5, 5.41) is 13.6. The van der Waals surface area contributed by atoms with Gasteiger partial charge in [0.15, 0.2) is 6.61 Å². The quantitative estimate of drug-likeness (QED) is 0.427. The Kier molecular flexibility index (Phi) is 7.02. The van der Waals surface area contributed by atoms with Gasteiger partial charge in [-0.05, 0) is 36.4 Å². The zero-order valence-electron chi connectivity index (χ0n) is 18.4. The summed E-state index contributed by atoms with van der Waals surface area (Å²) >= 11 is 0. The monoisotopic (exact) mass is 460 g/mol. The molecule has 0 aromatic heterocycles. The number of ether oxygens (including phenoxy) is 1. The van der Waals surface area contributed by atoms with Crippen LogP contribution in [0.25, 0.3) is 0 Å². The van der Waals surface area contributed by atoms with Gasteiger partial charge < -0.3 is 19.9 Å². The molecular weight excluding hydrogens is 436 g/mol. The Balaban J connectivity index is 1.33. The van der Waals surface area contributed by atoms with E-state index in [4.69, 9.17) is 4.74 Å². The molecule has 4 rings (SSSR count). The molecule has 1 saturated heterocycles. The summed E-state index contributed by atoms with van der Waals surface area (Å²) < 4.78 is 5.45. The molecule has 0 unspecified atom stereocenters. The number of nitrogens with one attached hydrogen (secondary N) is 1. The van der Waals surface area contributed by atoms with Gasteiger partial charge in [-0.2, -0.15) is 0 Å². The van der Waals surface area contributed by atoms with Crippen molar-refractivity contribution in [3.05, 3.63) is 94.5 Å². The highest BCUT2D eigenvalue weighted by atomic mass is 16.6. The number of nitrogens with zero attached hydrogens (tertiary/aromatic N) is 3. The lowest BCUT2D eigenvalue weighted by molar-refractivity contribution is -0.384. The number of rotatable bonds is 7. The Hall–Kier alpha value is -4.40. The van der Waals surface area contributed by atoms with Gasteiger partial charge >= 0.3 is 0 Å². The van der Waals surface area contributed by atoms with Crippen LogP contribution in [0.1, 0.15) is 10.4 Å². The molecule has 1 heterocycles. The lowest BCUT2D eigenvalue weighted by Gasteiger charge is -2.37. The summed E-state index contributed by atoms with van der Waals surface area (Å²) in [5.74, 6) is 0.0437. The minimum absolute atomic E-state index is 0.0187. The van der Waals surface area contributed by atoms with Crippen LogP contribution in [0.2, 0.25) is 0 Å². The minimum Gasteiger partial charge on any atom is -0.484 e. The molecule has 0 bridgehead atoms. The van der Waals surface area contributed by atoms with Crippen molar-refractivity contribution in [2.45, 2.75) is 0 Å². The second-order valence-electron chi connectivity index (χ2n) is 7.75. The van der Waals surface area contributed by atoms with Gasteiger partial charge in [0.1, 0.15) is 5.75 Å². The van der Waals surface area contributed by atoms with Crippen LogP contribution in [0.5, 0.6) is 5.75 Å². The average Bonchev–Trinajstić information content (AvgIpc) is 2.88. The highest BCUT2D eigenvalue weighted by Gasteiger charge is 2.23. The van der Waals surface area contributed by atoms with E-state index >= 15 is 0 Å². The Morgan fingerprint density at radius 3 is 2.21 bits per heavy atom. The summed E-state index contributed by atoms with van der Waals surface area (Å²) in [4.78, 5) is 39.4. The van der Waals surface area contributed by atoms with E-state index in [-0.39, 0.29) is 24.1 Å². The molecule has 3 aromatic rings. The Labute approximate surface area is 196 Å². The van der Waals surface area contributed by atoms with Crippen molar-refractivity contribution in [3.8, 4) is 5.75 Å². The lowest BCUT2D eigenvalue weighted by atomic mass is 10.1. The van der Waals surface area contributed by atoms with Gasteiger partial charge in [-0.1, -0.05) is 30.3 Å². The normalized spacial score (nSPS) is 13.3. The fraction of sp³-hybridized carbons (Fsp3) is 0.200. The third kappa shape index (κ3) is 5.50. The summed E-state index contributed by atoms with van der Waals surface area (Å²) in [7, 11) is 0. The van der Waals surface area contributed by atoms with E-state index in [9.17, 15) is 19.7 Å². The van der Waals surface area contributed by atoms with Gasteiger partial charge in [0, 0.05) is 43.9 Å². The van der Waals surface area contributed by atoms with Gasteiger partial charge in [0.2, 0.25) is 0 Å². The number of amides is 2. The van der Waals surface area contributed by atoms with Crippen molar-refractivity contribution in [2.24, 2.45) is 0 Å². The van der Waals surface area contributed by atoms with Gasteiger partial charge in [-0.25, -0.2) is 0 Å². The molecule has 0 spiro atoms. The summed E-state index contributed by atoms with van der Waals surface area (Å²) in [6.45, 7) is 2.22. The van der Waals surface area contributed by atoms with E-state index in [2.05, 4.69) is 10.2 Å². The number of benzene rings is 3. The lowest BCUT2D eigenvalue weighted by Crippen LogP contribution is -2.49. The molecule has 174 valence electrons. The first kappa shape index (κ1) is 22.8. The van der Waals surface area contributed by atoms with E-state index < -0.39 is 4.92 Å². The second kappa shape index (κ2) is 10.5. The first-order valence-corrected chi connectivity index (χ1v) is 10.9. The zero-order valence-corrected chi connectivity index (χ0v) is 18.4. The maximum Gasteiger partial charge on any atom is 0.269 e. The molecular formula is C25H24N4O5. The number of hydrogen-bond acceptors (Lipinski definition) is 6. The van der Waals surface area contributed by atoms with E-state index in [1.807, 2.05) is 59.5 Å². The number of non-ortho nitro benzene ring substituents is 1. The maximum absolute atomic E-state index is 12.7. The van der Waals surface area contributed by atoms with Crippen LogP contribution in [0, 0.1) is 10.1 Å². The molecule has 1 aliphatic heterocycles. The van der Waals surface area contributed by atoms with E-state index in [0.29, 0.717) is 43.2 Å². The van der Waals surface area contributed by atoms with Crippen molar-refractivity contribution in [1.29, 1.82) is 0 Å². The van der Waals surface area contributed by atoms with Crippen molar-refractivity contribution >= 4 is 28.9 Å². The molecule has 0 aliphatic carbocycles. The third-order valence-corrected chi connectivity index (χ3v) is 5.52. The Morgan fingerprint density at radius 1 is 0.882 bits per heavy atom. The largest absolute Gasteiger partial charge is 0.484 e. The van der Waals surface area contributed by atoms with Gasteiger partial charge in [-0.3, -0.25) is 19.7 Å². The van der Waals surface area contributed by atoms with Crippen LogP contribution < -0.4 is 15.0 Å². The number of carbonyl (C=O) groups excluding carboxylic acids is 2. The number of para-hydroxylation sites is 2. The predicted octanol–water partition coefficient (Wildman–Crippen LogP) is 3.57. The van der Waals surface area contributed by atoms with Crippen molar-refractivity contribution in [1.82, 2.24) is 4.90 Å². The Morgan fingerprint density at radius 2 is 1.53 bits per heavy atom. The van der Waals surface area contributed by atoms with E-state index in [0.717, 1.165) is 5.69 Å². The number of anilines is 2. The summed E-state index contributed by atoms with van der Waals surface area (Å²) in [6.07, 6.45) is 0. The standard InChI is InChI=1S/C25H24N4O5/c30-24(18-34-21-12-10-20(11-13-21)29(32)33)26-22-8-4-5-9-23(22)27-14-16-28(17-15-27)25(31)19-6-2-1-3-7-19/h1-13H,14-18H2,(H,26,30). The second-order valence-corrected chi connectivity index (χ2v) is 7.75. The molecule has 3 aromatic carbocycles. The summed E-state index contributed by atoms with van der Waals surface area (Å²) in [6, 6.07) is 22.3. The van der Waals surface area contributed by atoms with Crippen molar-refractivity contribution < 1.29 is 19.2 Å². The maximum atomic E-state index is 12.7. The van der Waals surface area contributed by atoms with Gasteiger partial charge in [0.25, 0.3) is 17.5 Å². The fourth-order valence-electron chi connectivity index (χ4n) is 3.77. The minimum atomic E-state index is -0.495. The fourth-order valence-corrected chi connectivity index (χ4v) is 3.77. The molecule has 1 fully saturated rings. The van der Waals surface area contributed by atoms with Crippen LogP contribution in [-0.4, -0.2) is 54.4 Å². The summed E-state index contributed by atoms with van der Waals surface area (Å²) in [5.41, 5.74) is 2.16. The molecule has 1 aliphatic rings. The average molecular weight is 460 g/mol. The van der Waals surface area contributed by atoms with Gasteiger partial charge in [0.05, 0.1) is 16.3 Å². The molecule has 2 amide bonds. The van der Waals surface area contributed by atoms with Crippen LogP contribution in [0.3, 0.4) is 0 Å². The molecule has 1 N–H and O–H groups in total. The number of carbonyl (C=O) groups is 2. The zero-order chi connectivity index (χ0) is 23.9. The molecule has 0 radical (unpaired) electrons. The van der Waals surface area contributed by atoms with Crippen LogP contribution in [0.4, 0.5) is 17.1 Å². The van der Waals surface area contributed by atoms with Crippen LogP contribution >= 0.6 is 0 Å². The van der Waals surface area contributed by atoms with Gasteiger partial charge in [-0.15, -0.1) is 0 Å². The third-order valence-electron chi connectivity index (χ3n) is 5.52. The molecule has 9 nitrogen and oxygen atoms in total. The van der Waals surface area contributed by atoms with Crippen molar-refractivity contribution in [2.75, 3.05) is 43.0 Å². The van der Waals surface area contributed by atoms with E-state index in [1.165, 1.54) is 24.3 Å². The van der Waals surface area contributed by atoms with Crippen molar-refractivity contribution in [3.63, 3.8) is 0 Å². The highest BCUT2D eigenvalue weighted by Crippen LogP contribution is 2.27. The number of piperazine rings is 1. The SMILES string of the molecule is O=C(COc1ccc([N+](=O)[O-])cc1)Nc1ccccc1N1CCN(C(=O)c2ccccc2)CC1. The molecule has 9 heteroatoms. The molecule has 34 heavy (non-hydrogen) atoms. The first-order valence-electron chi connectivity index (χ1n) is 10.9. The van der Waals surface area contributed by atoms with E-state index in [1.54, 1.807) is 0 Å². The number of hydrogen-bond donors (Lipinski definition) is 1. The topological polar surface area (TPSA) is 105 Å². The molecule has 0 saturated carbocycles. The predicted molar refractivity (Wildman–Crippen MR) is 128 cm³/mol. The van der Waals surface area contributed by atoms with Crippen LogP contribution in [0.15, 0.2) is 78.9 Å². The Bertz CT molecular complexity index is 1160. The first-order chi connectivity index (χ1) is 16.5. The highest BCUT2D eigenvalue weighted by molar-refractivity contribution is 5.96. The number of nitro groups is 1. The smallest absolute Gasteiger partial charge is 0.269 e.